The minimum absolute atomic E-state index is 0.454. The zero-order valence-corrected chi connectivity index (χ0v) is 7.81. The molecule has 2 aromatic rings. The fourth-order valence-corrected chi connectivity index (χ4v) is 1.78. The maximum Gasteiger partial charge on any atom is 0.212 e. The van der Waals surface area contributed by atoms with Crippen LogP contribution in [0.25, 0.3) is 10.4 Å². The Morgan fingerprint density at radius 3 is 2.62 bits per heavy atom. The van der Waals surface area contributed by atoms with Gasteiger partial charge in [-0.1, -0.05) is 0 Å². The molecule has 0 radical (unpaired) electrons. The van der Waals surface area contributed by atoms with Crippen LogP contribution in [0, 0.1) is 12.9 Å². The van der Waals surface area contributed by atoms with Crippen molar-refractivity contribution in [3.05, 3.63) is 35.5 Å². The number of rotatable bonds is 1. The molecule has 0 spiro atoms. The lowest BCUT2D eigenvalue weighted by Crippen LogP contribution is -1.80. The Morgan fingerprint density at radius 2 is 2.08 bits per heavy atom. The Hall–Kier alpha value is -1.29. The number of nitrogens with zero attached hydrogens (tertiary/aromatic N) is 2. The van der Waals surface area contributed by atoms with Crippen molar-refractivity contribution in [2.24, 2.45) is 0 Å². The van der Waals surface area contributed by atoms with Gasteiger partial charge in [-0.25, -0.2) is 9.97 Å². The molecule has 2 aromatic heterocycles. The quantitative estimate of drug-likeness (QED) is 0.652. The van der Waals surface area contributed by atoms with Gasteiger partial charge in [-0.05, 0) is 19.1 Å². The van der Waals surface area contributed by atoms with Gasteiger partial charge in [0.25, 0.3) is 0 Å². The van der Waals surface area contributed by atoms with Crippen LogP contribution in [0.1, 0.15) is 5.01 Å². The predicted octanol–water partition coefficient (Wildman–Crippen LogP) is 2.65. The smallest absolute Gasteiger partial charge is 0.212 e. The van der Waals surface area contributed by atoms with Crippen molar-refractivity contribution in [2.45, 2.75) is 6.92 Å². The summed E-state index contributed by atoms with van der Waals surface area (Å²) in [5.74, 6) is -0.454. The summed E-state index contributed by atoms with van der Waals surface area (Å²) < 4.78 is 12.5. The summed E-state index contributed by atoms with van der Waals surface area (Å²) in [7, 11) is 0. The molecule has 2 rings (SSSR count). The average molecular weight is 194 g/mol. The van der Waals surface area contributed by atoms with Crippen molar-refractivity contribution in [1.82, 2.24) is 9.97 Å². The van der Waals surface area contributed by atoms with E-state index in [4.69, 9.17) is 0 Å². The molecule has 0 aliphatic rings. The van der Waals surface area contributed by atoms with Crippen molar-refractivity contribution in [3.63, 3.8) is 0 Å². The van der Waals surface area contributed by atoms with Gasteiger partial charge in [-0.15, -0.1) is 11.3 Å². The van der Waals surface area contributed by atoms with Gasteiger partial charge in [-0.3, -0.25) is 0 Å². The number of aryl methyl sites for hydroxylation is 1. The van der Waals surface area contributed by atoms with Crippen molar-refractivity contribution in [1.29, 1.82) is 0 Å². The molecule has 0 aliphatic carbocycles. The molecular formula is C9H7FN2S. The summed E-state index contributed by atoms with van der Waals surface area (Å²) in [6, 6.07) is 3.06. The van der Waals surface area contributed by atoms with Gasteiger partial charge < -0.3 is 0 Å². The van der Waals surface area contributed by atoms with E-state index in [-0.39, 0.29) is 0 Å². The molecule has 0 amide bonds. The van der Waals surface area contributed by atoms with Crippen molar-refractivity contribution in [3.8, 4) is 10.4 Å². The molecule has 2 heterocycles. The van der Waals surface area contributed by atoms with Crippen LogP contribution in [0.3, 0.4) is 0 Å². The van der Waals surface area contributed by atoms with E-state index in [2.05, 4.69) is 9.97 Å². The number of hydrogen-bond acceptors (Lipinski definition) is 3. The van der Waals surface area contributed by atoms with Crippen LogP contribution in [0.15, 0.2) is 24.5 Å². The molecule has 0 saturated carbocycles. The van der Waals surface area contributed by atoms with Crippen LogP contribution in [0.5, 0.6) is 0 Å². The van der Waals surface area contributed by atoms with Gasteiger partial charge in [0.05, 0.1) is 9.88 Å². The summed E-state index contributed by atoms with van der Waals surface area (Å²) in [6.07, 6.45) is 3.29. The number of pyridine rings is 1. The fourth-order valence-electron chi connectivity index (χ4n) is 1.02. The number of halogens is 1. The molecule has 66 valence electrons. The van der Waals surface area contributed by atoms with Gasteiger partial charge in [0, 0.05) is 18.0 Å². The largest absolute Gasteiger partial charge is 0.249 e. The van der Waals surface area contributed by atoms with Crippen molar-refractivity contribution >= 4 is 11.3 Å². The SMILES string of the molecule is Cc1ncc(-c2ccc(F)nc2)s1. The molecular weight excluding hydrogens is 187 g/mol. The topological polar surface area (TPSA) is 25.8 Å². The highest BCUT2D eigenvalue weighted by Gasteiger charge is 2.01. The molecule has 4 heteroatoms. The second-order valence-corrected chi connectivity index (χ2v) is 3.85. The first kappa shape index (κ1) is 8.31. The standard InChI is InChI=1S/C9H7FN2S/c1-6-11-5-8(13-6)7-2-3-9(10)12-4-7/h2-5H,1H3. The van der Waals surface area contributed by atoms with E-state index < -0.39 is 5.95 Å². The van der Waals surface area contributed by atoms with Crippen molar-refractivity contribution < 1.29 is 4.39 Å². The molecule has 0 aromatic carbocycles. The summed E-state index contributed by atoms with van der Waals surface area (Å²) in [4.78, 5) is 8.71. The van der Waals surface area contributed by atoms with E-state index in [9.17, 15) is 4.39 Å². The van der Waals surface area contributed by atoms with E-state index in [1.165, 1.54) is 12.3 Å². The van der Waals surface area contributed by atoms with Crippen molar-refractivity contribution in [2.75, 3.05) is 0 Å². The molecule has 0 N–H and O–H groups in total. The summed E-state index contributed by atoms with van der Waals surface area (Å²) >= 11 is 1.57. The highest BCUT2D eigenvalue weighted by atomic mass is 32.1. The average Bonchev–Trinajstić information content (AvgIpc) is 2.53. The second kappa shape index (κ2) is 3.22. The normalized spacial score (nSPS) is 10.3. The fraction of sp³-hybridized carbons (Fsp3) is 0.111. The van der Waals surface area contributed by atoms with E-state index in [1.807, 2.05) is 6.92 Å². The molecule has 13 heavy (non-hydrogen) atoms. The van der Waals surface area contributed by atoms with E-state index >= 15 is 0 Å². The maximum absolute atomic E-state index is 12.5. The number of aromatic nitrogens is 2. The third kappa shape index (κ3) is 1.72. The lowest BCUT2D eigenvalue weighted by atomic mass is 10.2. The minimum atomic E-state index is -0.454. The van der Waals surface area contributed by atoms with E-state index in [1.54, 1.807) is 23.6 Å². The van der Waals surface area contributed by atoms with Gasteiger partial charge in [0.2, 0.25) is 5.95 Å². The Morgan fingerprint density at radius 1 is 1.23 bits per heavy atom. The van der Waals surface area contributed by atoms with Crippen LogP contribution in [0.4, 0.5) is 4.39 Å². The Balaban J connectivity index is 2.41. The molecule has 0 fully saturated rings. The number of hydrogen-bond donors (Lipinski definition) is 0. The monoisotopic (exact) mass is 194 g/mol. The molecule has 0 saturated heterocycles. The first-order valence-corrected chi connectivity index (χ1v) is 4.62. The third-order valence-corrected chi connectivity index (χ3v) is 2.60. The molecule has 0 atom stereocenters. The van der Waals surface area contributed by atoms with Crippen LogP contribution in [-0.4, -0.2) is 9.97 Å². The van der Waals surface area contributed by atoms with Crippen LogP contribution < -0.4 is 0 Å². The van der Waals surface area contributed by atoms with Crippen LogP contribution in [0.2, 0.25) is 0 Å². The molecule has 0 aliphatic heterocycles. The molecule has 0 unspecified atom stereocenters. The Kier molecular flexibility index (Phi) is 2.06. The highest BCUT2D eigenvalue weighted by molar-refractivity contribution is 7.15. The van der Waals surface area contributed by atoms with Gasteiger partial charge >= 0.3 is 0 Å². The summed E-state index contributed by atoms with van der Waals surface area (Å²) in [5.41, 5.74) is 0.909. The lowest BCUT2D eigenvalue weighted by molar-refractivity contribution is 0.584. The number of thiazole rings is 1. The zero-order valence-electron chi connectivity index (χ0n) is 6.99. The van der Waals surface area contributed by atoms with Gasteiger partial charge in [0.15, 0.2) is 0 Å². The van der Waals surface area contributed by atoms with Crippen LogP contribution in [-0.2, 0) is 0 Å². The van der Waals surface area contributed by atoms with E-state index in [0.717, 1.165) is 15.4 Å². The summed E-state index contributed by atoms with van der Waals surface area (Å²) in [6.45, 7) is 1.94. The first-order valence-electron chi connectivity index (χ1n) is 3.80. The van der Waals surface area contributed by atoms with E-state index in [0.29, 0.717) is 0 Å². The highest BCUT2D eigenvalue weighted by Crippen LogP contribution is 2.24. The lowest BCUT2D eigenvalue weighted by Gasteiger charge is -1.93. The van der Waals surface area contributed by atoms with Gasteiger partial charge in [0.1, 0.15) is 0 Å². The minimum Gasteiger partial charge on any atom is -0.249 e. The Labute approximate surface area is 79.1 Å². The third-order valence-electron chi connectivity index (χ3n) is 1.63. The maximum atomic E-state index is 12.5. The zero-order chi connectivity index (χ0) is 9.26. The Bertz CT molecular complexity index is 408. The van der Waals surface area contributed by atoms with Gasteiger partial charge in [-0.2, -0.15) is 4.39 Å². The second-order valence-electron chi connectivity index (χ2n) is 2.61. The molecule has 0 bridgehead atoms. The molecule has 2 nitrogen and oxygen atoms in total. The first-order chi connectivity index (χ1) is 6.25. The predicted molar refractivity (Wildman–Crippen MR) is 50.0 cm³/mol. The van der Waals surface area contributed by atoms with Crippen LogP contribution >= 0.6 is 11.3 Å². The summed E-state index contributed by atoms with van der Waals surface area (Å²) in [5, 5.41) is 0.999.